The summed E-state index contributed by atoms with van der Waals surface area (Å²) in [6.07, 6.45) is 0.981. The fourth-order valence-electron chi connectivity index (χ4n) is 4.43. The van der Waals surface area contributed by atoms with Crippen LogP contribution in [0.25, 0.3) is 0 Å². The molecular formula is C24H22ClNO4. The van der Waals surface area contributed by atoms with Crippen LogP contribution in [-0.2, 0) is 14.3 Å². The number of aromatic hydroxyl groups is 1. The Morgan fingerprint density at radius 2 is 1.87 bits per heavy atom. The minimum Gasteiger partial charge on any atom is -0.508 e. The van der Waals surface area contributed by atoms with Gasteiger partial charge in [-0.25, -0.2) is 4.79 Å². The Hall–Kier alpha value is -3.05. The standard InChI is InChI=1S/C24H22ClNO4/c1-13-21(24(29)30-2)22(15-4-3-5-18(27)10-15)23-19(26-13)11-16(12-20(23)28)14-6-8-17(25)9-7-14/h3-10,16,22,26-27H,11-12H2,1-2H3/t16-,22-/m1/s1. The number of benzene rings is 2. The Morgan fingerprint density at radius 1 is 1.13 bits per heavy atom. The molecule has 0 saturated carbocycles. The molecule has 154 valence electrons. The highest BCUT2D eigenvalue weighted by atomic mass is 35.5. The third-order valence-corrected chi connectivity index (χ3v) is 6.03. The zero-order valence-corrected chi connectivity index (χ0v) is 17.5. The summed E-state index contributed by atoms with van der Waals surface area (Å²) in [5, 5.41) is 14.0. The average Bonchev–Trinajstić information content (AvgIpc) is 2.72. The van der Waals surface area contributed by atoms with Gasteiger partial charge in [-0.3, -0.25) is 4.79 Å². The van der Waals surface area contributed by atoms with E-state index in [4.69, 9.17) is 16.3 Å². The van der Waals surface area contributed by atoms with E-state index in [1.165, 1.54) is 7.11 Å². The number of ketones is 1. The number of Topliss-reactive ketones (excluding diaryl/α,β-unsaturated/α-hetero) is 1. The van der Waals surface area contributed by atoms with Crippen molar-refractivity contribution in [1.29, 1.82) is 0 Å². The molecule has 0 unspecified atom stereocenters. The van der Waals surface area contributed by atoms with Crippen LogP contribution in [0.4, 0.5) is 0 Å². The van der Waals surface area contributed by atoms with Crippen LogP contribution in [-0.4, -0.2) is 24.0 Å². The van der Waals surface area contributed by atoms with Gasteiger partial charge in [-0.2, -0.15) is 0 Å². The maximum absolute atomic E-state index is 13.3. The lowest BCUT2D eigenvalue weighted by Gasteiger charge is -2.36. The summed E-state index contributed by atoms with van der Waals surface area (Å²) in [5.74, 6) is -0.992. The van der Waals surface area contributed by atoms with E-state index in [1.54, 1.807) is 18.2 Å². The van der Waals surface area contributed by atoms with Gasteiger partial charge in [0.15, 0.2) is 5.78 Å². The van der Waals surface area contributed by atoms with Gasteiger partial charge in [0.05, 0.1) is 12.7 Å². The molecule has 0 fully saturated rings. The largest absolute Gasteiger partial charge is 0.508 e. The van der Waals surface area contributed by atoms with Gasteiger partial charge in [0.25, 0.3) is 0 Å². The van der Waals surface area contributed by atoms with Gasteiger partial charge >= 0.3 is 5.97 Å². The number of ether oxygens (including phenoxy) is 1. The molecule has 2 aliphatic rings. The number of allylic oxidation sites excluding steroid dienone is 3. The van der Waals surface area contributed by atoms with E-state index >= 15 is 0 Å². The number of phenolic OH excluding ortho intramolecular Hbond substituents is 1. The van der Waals surface area contributed by atoms with Gasteiger partial charge in [0.1, 0.15) is 5.75 Å². The number of carbonyl (C=O) groups is 2. The van der Waals surface area contributed by atoms with Crippen molar-refractivity contribution in [3.8, 4) is 5.75 Å². The third kappa shape index (κ3) is 3.61. The van der Waals surface area contributed by atoms with E-state index in [1.807, 2.05) is 37.3 Å². The smallest absolute Gasteiger partial charge is 0.336 e. The van der Waals surface area contributed by atoms with Crippen LogP contribution >= 0.6 is 11.6 Å². The zero-order chi connectivity index (χ0) is 21.4. The van der Waals surface area contributed by atoms with E-state index in [9.17, 15) is 14.7 Å². The minimum atomic E-state index is -0.584. The lowest BCUT2D eigenvalue weighted by Crippen LogP contribution is -2.36. The van der Waals surface area contributed by atoms with Crippen molar-refractivity contribution in [1.82, 2.24) is 5.32 Å². The lowest BCUT2D eigenvalue weighted by molar-refractivity contribution is -0.136. The first kappa shape index (κ1) is 20.2. The molecule has 1 aliphatic heterocycles. The van der Waals surface area contributed by atoms with Crippen LogP contribution in [0.3, 0.4) is 0 Å². The minimum absolute atomic E-state index is 0.0223. The van der Waals surface area contributed by atoms with E-state index in [-0.39, 0.29) is 17.5 Å². The second-order valence-corrected chi connectivity index (χ2v) is 8.09. The molecule has 0 bridgehead atoms. The summed E-state index contributed by atoms with van der Waals surface area (Å²) in [5.41, 5.74) is 4.15. The normalized spacial score (nSPS) is 21.2. The van der Waals surface area contributed by atoms with Crippen LogP contribution in [0.5, 0.6) is 5.75 Å². The molecule has 0 spiro atoms. The average molecular weight is 424 g/mol. The summed E-state index contributed by atoms with van der Waals surface area (Å²) in [6.45, 7) is 1.81. The van der Waals surface area contributed by atoms with Crippen LogP contribution in [0, 0.1) is 0 Å². The number of halogens is 1. The van der Waals surface area contributed by atoms with Crippen LogP contribution < -0.4 is 5.32 Å². The number of phenols is 1. The van der Waals surface area contributed by atoms with Crippen molar-refractivity contribution in [2.75, 3.05) is 7.11 Å². The molecular weight excluding hydrogens is 402 g/mol. The summed E-state index contributed by atoms with van der Waals surface area (Å²) in [4.78, 5) is 26.0. The highest BCUT2D eigenvalue weighted by molar-refractivity contribution is 6.30. The number of nitrogens with one attached hydrogen (secondary N) is 1. The molecule has 1 heterocycles. The number of esters is 1. The first-order valence-corrected chi connectivity index (χ1v) is 10.1. The number of dihydropyridines is 1. The lowest BCUT2D eigenvalue weighted by atomic mass is 9.71. The van der Waals surface area contributed by atoms with Crippen molar-refractivity contribution in [3.05, 3.63) is 87.2 Å². The highest BCUT2D eigenvalue weighted by Gasteiger charge is 2.41. The second-order valence-electron chi connectivity index (χ2n) is 7.66. The maximum Gasteiger partial charge on any atom is 0.336 e. The van der Waals surface area contributed by atoms with Crippen molar-refractivity contribution in [2.24, 2.45) is 0 Å². The van der Waals surface area contributed by atoms with Gasteiger partial charge in [0, 0.05) is 34.3 Å². The first-order chi connectivity index (χ1) is 14.4. The number of hydrogen-bond acceptors (Lipinski definition) is 5. The molecule has 1 aliphatic carbocycles. The summed E-state index contributed by atoms with van der Waals surface area (Å²) < 4.78 is 5.01. The Morgan fingerprint density at radius 3 is 2.53 bits per heavy atom. The fourth-order valence-corrected chi connectivity index (χ4v) is 4.55. The quantitative estimate of drug-likeness (QED) is 0.707. The summed E-state index contributed by atoms with van der Waals surface area (Å²) in [6, 6.07) is 14.2. The van der Waals surface area contributed by atoms with E-state index < -0.39 is 11.9 Å². The van der Waals surface area contributed by atoms with E-state index in [0.717, 1.165) is 11.3 Å². The monoisotopic (exact) mass is 423 g/mol. The molecule has 5 nitrogen and oxygen atoms in total. The Kier molecular flexibility index (Phi) is 5.39. The highest BCUT2D eigenvalue weighted by Crippen LogP contribution is 2.46. The third-order valence-electron chi connectivity index (χ3n) is 5.78. The fraction of sp³-hybridized carbons (Fsp3) is 0.250. The molecule has 0 amide bonds. The second kappa shape index (κ2) is 8.00. The van der Waals surface area contributed by atoms with Gasteiger partial charge in [0.2, 0.25) is 0 Å². The molecule has 0 saturated heterocycles. The van der Waals surface area contributed by atoms with Crippen molar-refractivity contribution in [3.63, 3.8) is 0 Å². The predicted molar refractivity (Wildman–Crippen MR) is 114 cm³/mol. The Bertz CT molecular complexity index is 1080. The predicted octanol–water partition coefficient (Wildman–Crippen LogP) is 4.58. The van der Waals surface area contributed by atoms with Crippen LogP contribution in [0.15, 0.2) is 71.1 Å². The van der Waals surface area contributed by atoms with Gasteiger partial charge in [-0.1, -0.05) is 35.9 Å². The molecule has 30 heavy (non-hydrogen) atoms. The Balaban J connectivity index is 1.80. The van der Waals surface area contributed by atoms with E-state index in [2.05, 4.69) is 5.32 Å². The zero-order valence-electron chi connectivity index (χ0n) is 16.7. The number of rotatable bonds is 3. The molecule has 4 rings (SSSR count). The topological polar surface area (TPSA) is 75.6 Å². The molecule has 2 aromatic rings. The van der Waals surface area contributed by atoms with Crippen LogP contribution in [0.2, 0.25) is 5.02 Å². The molecule has 2 N–H and O–H groups in total. The molecule has 6 heteroatoms. The SMILES string of the molecule is COC(=O)C1=C(C)NC2=C(C(=O)C[C@H](c3ccc(Cl)cc3)C2)[C@@H]1c1cccc(O)c1. The molecule has 2 atom stereocenters. The molecule has 0 aromatic heterocycles. The van der Waals surface area contributed by atoms with Crippen molar-refractivity contribution in [2.45, 2.75) is 31.6 Å². The molecule has 2 aromatic carbocycles. The first-order valence-electron chi connectivity index (χ1n) is 9.75. The van der Waals surface area contributed by atoms with Crippen molar-refractivity contribution >= 4 is 23.4 Å². The number of methoxy groups -OCH3 is 1. The Labute approximate surface area is 180 Å². The van der Waals surface area contributed by atoms with Gasteiger partial charge in [-0.15, -0.1) is 0 Å². The summed E-state index contributed by atoms with van der Waals surface area (Å²) >= 11 is 6.01. The van der Waals surface area contributed by atoms with E-state index in [0.29, 0.717) is 40.3 Å². The maximum atomic E-state index is 13.3. The number of hydrogen-bond donors (Lipinski definition) is 2. The number of carbonyl (C=O) groups excluding carboxylic acids is 2. The summed E-state index contributed by atoms with van der Waals surface area (Å²) in [7, 11) is 1.32. The van der Waals surface area contributed by atoms with Crippen molar-refractivity contribution < 1.29 is 19.4 Å². The van der Waals surface area contributed by atoms with Gasteiger partial charge < -0.3 is 15.2 Å². The molecule has 0 radical (unpaired) electrons. The van der Waals surface area contributed by atoms with Crippen LogP contribution in [0.1, 0.15) is 42.7 Å². The van der Waals surface area contributed by atoms with Gasteiger partial charge in [-0.05, 0) is 54.7 Å².